The number of thiophene rings is 1. The predicted molar refractivity (Wildman–Crippen MR) is 94.7 cm³/mol. The summed E-state index contributed by atoms with van der Waals surface area (Å²) < 4.78 is 3.39. The van der Waals surface area contributed by atoms with Crippen LogP contribution in [0.3, 0.4) is 0 Å². The molecule has 0 radical (unpaired) electrons. The third kappa shape index (κ3) is 2.84. The number of aryl methyl sites for hydroxylation is 1. The molecule has 2 heterocycles. The maximum absolute atomic E-state index is 12.2. The van der Waals surface area contributed by atoms with Gasteiger partial charge in [0.1, 0.15) is 0 Å². The molecule has 1 aromatic carbocycles. The maximum Gasteiger partial charge on any atom is 0.289 e. The summed E-state index contributed by atoms with van der Waals surface area (Å²) in [7, 11) is 0. The molecule has 0 fully saturated rings. The first kappa shape index (κ1) is 16.0. The van der Waals surface area contributed by atoms with E-state index < -0.39 is 0 Å². The van der Waals surface area contributed by atoms with Crippen molar-refractivity contribution in [2.24, 2.45) is 4.99 Å². The lowest BCUT2D eigenvalue weighted by Gasteiger charge is -2.03. The molecule has 0 saturated heterocycles. The fraction of sp³-hybridized carbons (Fsp3) is 0.143. The summed E-state index contributed by atoms with van der Waals surface area (Å²) >= 11 is 20.8. The number of aromatic nitrogens is 1. The molecule has 0 saturated carbocycles. The summed E-state index contributed by atoms with van der Waals surface area (Å²) in [6.45, 7) is 2.60. The van der Waals surface area contributed by atoms with Gasteiger partial charge in [-0.05, 0) is 31.2 Å². The molecule has 0 N–H and O–H groups in total. The van der Waals surface area contributed by atoms with Crippen LogP contribution in [0.1, 0.15) is 16.6 Å². The molecule has 114 valence electrons. The predicted octanol–water partition coefficient (Wildman–Crippen LogP) is 5.49. The fourth-order valence-corrected chi connectivity index (χ4v) is 4.56. The van der Waals surface area contributed by atoms with E-state index in [2.05, 4.69) is 4.99 Å². The van der Waals surface area contributed by atoms with Crippen molar-refractivity contribution in [2.45, 2.75) is 13.5 Å². The number of carbonyl (C=O) groups is 1. The average Bonchev–Trinajstić information content (AvgIpc) is 3.06. The van der Waals surface area contributed by atoms with Gasteiger partial charge in [0.2, 0.25) is 0 Å². The summed E-state index contributed by atoms with van der Waals surface area (Å²) in [5.41, 5.74) is 0.803. The molecule has 1 amide bonds. The van der Waals surface area contributed by atoms with Crippen LogP contribution < -0.4 is 4.80 Å². The lowest BCUT2D eigenvalue weighted by Crippen LogP contribution is -2.15. The van der Waals surface area contributed by atoms with Crippen LogP contribution in [-0.4, -0.2) is 10.5 Å². The number of hydrogen-bond acceptors (Lipinski definition) is 3. The molecule has 0 atom stereocenters. The molecule has 0 bridgehead atoms. The van der Waals surface area contributed by atoms with Gasteiger partial charge in [-0.1, -0.05) is 46.1 Å². The monoisotopic (exact) mass is 390 g/mol. The second-order valence-electron chi connectivity index (χ2n) is 4.36. The second-order valence-corrected chi connectivity index (χ2v) is 7.87. The van der Waals surface area contributed by atoms with Crippen LogP contribution in [0.25, 0.3) is 10.2 Å². The van der Waals surface area contributed by atoms with E-state index in [0.717, 1.165) is 10.2 Å². The molecule has 3 rings (SSSR count). The molecule has 3 aromatic rings. The van der Waals surface area contributed by atoms with E-state index in [9.17, 15) is 4.79 Å². The molecular formula is C14H9Cl3N2OS2. The van der Waals surface area contributed by atoms with Crippen LogP contribution in [0.5, 0.6) is 0 Å². The first-order chi connectivity index (χ1) is 10.5. The third-order valence-electron chi connectivity index (χ3n) is 3.03. The van der Waals surface area contributed by atoms with Gasteiger partial charge in [0.25, 0.3) is 5.91 Å². The Morgan fingerprint density at radius 2 is 1.95 bits per heavy atom. The lowest BCUT2D eigenvalue weighted by molar-refractivity contribution is 0.100. The van der Waals surface area contributed by atoms with E-state index in [0.29, 0.717) is 30.6 Å². The Morgan fingerprint density at radius 1 is 1.18 bits per heavy atom. The van der Waals surface area contributed by atoms with E-state index in [-0.39, 0.29) is 5.91 Å². The highest BCUT2D eigenvalue weighted by atomic mass is 35.5. The molecular weight excluding hydrogens is 383 g/mol. The Labute approximate surface area is 149 Å². The Balaban J connectivity index is 2.20. The van der Waals surface area contributed by atoms with Crippen molar-refractivity contribution in [1.82, 2.24) is 4.57 Å². The average molecular weight is 392 g/mol. The minimum atomic E-state index is -0.312. The Bertz CT molecular complexity index is 939. The topological polar surface area (TPSA) is 34.4 Å². The van der Waals surface area contributed by atoms with E-state index in [1.807, 2.05) is 17.6 Å². The van der Waals surface area contributed by atoms with Gasteiger partial charge in [0.05, 0.1) is 29.5 Å². The molecule has 8 heteroatoms. The van der Waals surface area contributed by atoms with Crippen LogP contribution in [0.2, 0.25) is 14.4 Å². The van der Waals surface area contributed by atoms with E-state index >= 15 is 0 Å². The summed E-state index contributed by atoms with van der Waals surface area (Å²) in [6.07, 6.45) is 0. The van der Waals surface area contributed by atoms with Crippen LogP contribution >= 0.6 is 57.5 Å². The standard InChI is InChI=1S/C14H9Cl3N2OS2/c1-2-19-12-8(4-3-7(15)11(12)17)22-14(19)18-13(20)9-5-6-10(16)21-9/h3-6H,2H2,1H3. The molecule has 0 unspecified atom stereocenters. The van der Waals surface area contributed by atoms with Crippen LogP contribution in [0.4, 0.5) is 0 Å². The summed E-state index contributed by atoms with van der Waals surface area (Å²) in [4.78, 5) is 17.6. The summed E-state index contributed by atoms with van der Waals surface area (Å²) in [6, 6.07) is 6.98. The number of hydrogen-bond donors (Lipinski definition) is 0. The highest BCUT2D eigenvalue weighted by Crippen LogP contribution is 2.32. The quantitative estimate of drug-likeness (QED) is 0.569. The second kappa shape index (κ2) is 6.34. The minimum Gasteiger partial charge on any atom is -0.315 e. The third-order valence-corrected chi connectivity index (χ3v) is 6.09. The van der Waals surface area contributed by atoms with Gasteiger partial charge in [-0.3, -0.25) is 4.79 Å². The molecule has 0 aliphatic heterocycles. The number of rotatable bonds is 2. The number of amides is 1. The molecule has 2 aromatic heterocycles. The van der Waals surface area contributed by atoms with Crippen LogP contribution in [-0.2, 0) is 6.54 Å². The number of carbonyl (C=O) groups excluding carboxylic acids is 1. The van der Waals surface area contributed by atoms with Crippen molar-refractivity contribution >= 4 is 73.6 Å². The molecule has 0 aliphatic carbocycles. The zero-order chi connectivity index (χ0) is 15.9. The molecule has 0 spiro atoms. The zero-order valence-corrected chi connectivity index (χ0v) is 15.2. The smallest absolute Gasteiger partial charge is 0.289 e. The normalized spacial score (nSPS) is 12.3. The number of halogens is 3. The summed E-state index contributed by atoms with van der Waals surface area (Å²) in [5, 5.41) is 0.961. The SMILES string of the molecule is CCn1c(=NC(=O)c2ccc(Cl)s2)sc2ccc(Cl)c(Cl)c21. The van der Waals surface area contributed by atoms with Gasteiger partial charge in [0, 0.05) is 6.54 Å². The van der Waals surface area contributed by atoms with Gasteiger partial charge < -0.3 is 4.57 Å². The van der Waals surface area contributed by atoms with Crippen molar-refractivity contribution in [1.29, 1.82) is 0 Å². The van der Waals surface area contributed by atoms with Crippen molar-refractivity contribution in [2.75, 3.05) is 0 Å². The van der Waals surface area contributed by atoms with Crippen molar-refractivity contribution < 1.29 is 4.79 Å². The van der Waals surface area contributed by atoms with E-state index in [4.69, 9.17) is 34.8 Å². The Hall–Kier alpha value is -0.850. The maximum atomic E-state index is 12.2. The number of nitrogens with zero attached hydrogens (tertiary/aromatic N) is 2. The van der Waals surface area contributed by atoms with Crippen molar-refractivity contribution in [3.8, 4) is 0 Å². The van der Waals surface area contributed by atoms with Crippen molar-refractivity contribution in [3.63, 3.8) is 0 Å². The first-order valence-electron chi connectivity index (χ1n) is 6.33. The largest absolute Gasteiger partial charge is 0.315 e. The van der Waals surface area contributed by atoms with E-state index in [1.54, 1.807) is 18.2 Å². The number of thiazole rings is 1. The van der Waals surface area contributed by atoms with E-state index in [1.165, 1.54) is 22.7 Å². The van der Waals surface area contributed by atoms with Gasteiger partial charge in [-0.25, -0.2) is 0 Å². The van der Waals surface area contributed by atoms with Gasteiger partial charge in [-0.2, -0.15) is 4.99 Å². The highest BCUT2D eigenvalue weighted by molar-refractivity contribution is 7.18. The van der Waals surface area contributed by atoms with Gasteiger partial charge in [0.15, 0.2) is 4.80 Å². The number of benzene rings is 1. The van der Waals surface area contributed by atoms with Gasteiger partial charge in [-0.15, -0.1) is 11.3 Å². The summed E-state index contributed by atoms with van der Waals surface area (Å²) in [5.74, 6) is -0.312. The first-order valence-corrected chi connectivity index (χ1v) is 9.09. The lowest BCUT2D eigenvalue weighted by atomic mass is 10.3. The van der Waals surface area contributed by atoms with Gasteiger partial charge >= 0.3 is 0 Å². The fourth-order valence-electron chi connectivity index (χ4n) is 2.05. The minimum absolute atomic E-state index is 0.312. The van der Waals surface area contributed by atoms with Crippen molar-refractivity contribution in [3.05, 3.63) is 48.3 Å². The molecule has 0 aliphatic rings. The molecule has 3 nitrogen and oxygen atoms in total. The highest BCUT2D eigenvalue weighted by Gasteiger charge is 2.13. The Kier molecular flexibility index (Phi) is 4.61. The molecule has 22 heavy (non-hydrogen) atoms. The number of fused-ring (bicyclic) bond motifs is 1. The Morgan fingerprint density at radius 3 is 2.59 bits per heavy atom. The van der Waals surface area contributed by atoms with Crippen LogP contribution in [0.15, 0.2) is 29.3 Å². The zero-order valence-electron chi connectivity index (χ0n) is 11.3. The van der Waals surface area contributed by atoms with Crippen LogP contribution in [0, 0.1) is 0 Å².